The van der Waals surface area contributed by atoms with Crippen LogP contribution in [-0.2, 0) is 0 Å². The Morgan fingerprint density at radius 2 is 1.70 bits per heavy atom. The number of aryl methyl sites for hydroxylation is 1. The molecule has 3 heteroatoms. The molecule has 0 unspecified atom stereocenters. The first kappa shape index (κ1) is 14.1. The molecule has 0 aliphatic heterocycles. The van der Waals surface area contributed by atoms with Crippen LogP contribution in [0.15, 0.2) is 54.6 Å². The number of anilines is 1. The van der Waals surface area contributed by atoms with E-state index in [1.807, 2.05) is 42.5 Å². The van der Waals surface area contributed by atoms with Crippen molar-refractivity contribution in [1.82, 2.24) is 5.32 Å². The summed E-state index contributed by atoms with van der Waals surface area (Å²) < 4.78 is 0. The van der Waals surface area contributed by atoms with Gasteiger partial charge in [-0.1, -0.05) is 49.4 Å². The van der Waals surface area contributed by atoms with Crippen LogP contribution in [0.2, 0.25) is 0 Å². The van der Waals surface area contributed by atoms with Crippen molar-refractivity contribution in [3.63, 3.8) is 0 Å². The largest absolute Gasteiger partial charge is 0.331 e. The van der Waals surface area contributed by atoms with Gasteiger partial charge in [0.2, 0.25) is 0 Å². The third-order valence-corrected chi connectivity index (χ3v) is 3.31. The molecule has 2 aromatic carbocycles. The molecular formula is C17H20N2O. The van der Waals surface area contributed by atoms with Gasteiger partial charge in [-0.15, -0.1) is 0 Å². The van der Waals surface area contributed by atoms with Gasteiger partial charge in [0.15, 0.2) is 0 Å². The fourth-order valence-corrected chi connectivity index (χ4v) is 2.22. The number of benzene rings is 2. The summed E-state index contributed by atoms with van der Waals surface area (Å²) in [7, 11) is 0. The molecule has 0 radical (unpaired) electrons. The highest BCUT2D eigenvalue weighted by atomic mass is 16.2. The van der Waals surface area contributed by atoms with Crippen LogP contribution in [0.3, 0.4) is 0 Å². The van der Waals surface area contributed by atoms with E-state index in [0.717, 1.165) is 12.1 Å². The van der Waals surface area contributed by atoms with Gasteiger partial charge in [-0.25, -0.2) is 4.79 Å². The Balaban J connectivity index is 2.04. The van der Waals surface area contributed by atoms with E-state index >= 15 is 0 Å². The van der Waals surface area contributed by atoms with Crippen LogP contribution in [0.25, 0.3) is 0 Å². The van der Waals surface area contributed by atoms with Gasteiger partial charge in [0.25, 0.3) is 0 Å². The zero-order chi connectivity index (χ0) is 14.4. The predicted octanol–water partition coefficient (Wildman–Crippen LogP) is 4.27. The molecule has 20 heavy (non-hydrogen) atoms. The maximum atomic E-state index is 12.0. The van der Waals surface area contributed by atoms with Crippen molar-refractivity contribution in [2.45, 2.75) is 26.3 Å². The lowest BCUT2D eigenvalue weighted by atomic mass is 9.99. The van der Waals surface area contributed by atoms with Gasteiger partial charge in [0.05, 0.1) is 6.04 Å². The zero-order valence-corrected chi connectivity index (χ0v) is 11.9. The summed E-state index contributed by atoms with van der Waals surface area (Å²) in [5, 5.41) is 5.87. The maximum Gasteiger partial charge on any atom is 0.319 e. The van der Waals surface area contributed by atoms with Crippen LogP contribution < -0.4 is 10.6 Å². The summed E-state index contributed by atoms with van der Waals surface area (Å²) in [5.74, 6) is 0. The summed E-state index contributed by atoms with van der Waals surface area (Å²) in [6.45, 7) is 4.13. The number of para-hydroxylation sites is 1. The summed E-state index contributed by atoms with van der Waals surface area (Å²) >= 11 is 0. The Kier molecular flexibility index (Phi) is 4.77. The number of carbonyl (C=O) groups is 1. The minimum absolute atomic E-state index is 0.0277. The molecule has 0 aliphatic rings. The zero-order valence-electron chi connectivity index (χ0n) is 11.9. The minimum Gasteiger partial charge on any atom is -0.331 e. The molecule has 0 spiro atoms. The Bertz CT molecular complexity index is 566. The Morgan fingerprint density at radius 1 is 1.05 bits per heavy atom. The maximum absolute atomic E-state index is 12.0. The molecule has 0 heterocycles. The molecule has 1 atom stereocenters. The van der Waals surface area contributed by atoms with Crippen molar-refractivity contribution in [2.75, 3.05) is 5.32 Å². The first-order valence-electron chi connectivity index (χ1n) is 6.88. The number of rotatable bonds is 4. The number of urea groups is 1. The summed E-state index contributed by atoms with van der Waals surface area (Å²) in [5.41, 5.74) is 3.15. The molecule has 0 saturated carbocycles. The van der Waals surface area contributed by atoms with Gasteiger partial charge in [0.1, 0.15) is 0 Å². The fourth-order valence-electron chi connectivity index (χ4n) is 2.22. The quantitative estimate of drug-likeness (QED) is 0.854. The molecule has 2 rings (SSSR count). The van der Waals surface area contributed by atoms with Gasteiger partial charge in [0, 0.05) is 5.69 Å². The second-order valence-corrected chi connectivity index (χ2v) is 4.78. The van der Waals surface area contributed by atoms with Crippen molar-refractivity contribution >= 4 is 11.7 Å². The standard InChI is InChI=1S/C17H20N2O/c1-3-16(15-12-8-7-9-13(15)2)19-17(20)18-14-10-5-4-6-11-14/h4-12,16H,3H2,1-2H3,(H2,18,19,20)/t16-/m1/s1. The second kappa shape index (κ2) is 6.75. The smallest absolute Gasteiger partial charge is 0.319 e. The molecule has 104 valence electrons. The first-order valence-corrected chi connectivity index (χ1v) is 6.88. The number of hydrogen-bond donors (Lipinski definition) is 2. The van der Waals surface area contributed by atoms with Gasteiger partial charge < -0.3 is 10.6 Å². The van der Waals surface area contributed by atoms with Crippen molar-refractivity contribution in [3.8, 4) is 0 Å². The van der Waals surface area contributed by atoms with Gasteiger partial charge in [-0.3, -0.25) is 0 Å². The molecule has 0 bridgehead atoms. The molecular weight excluding hydrogens is 248 g/mol. The molecule has 0 aromatic heterocycles. The average Bonchev–Trinajstić information content (AvgIpc) is 2.46. The first-order chi connectivity index (χ1) is 9.70. The van der Waals surface area contributed by atoms with E-state index < -0.39 is 0 Å². The SMILES string of the molecule is CC[C@@H](NC(=O)Nc1ccccc1)c1ccccc1C. The van der Waals surface area contributed by atoms with E-state index in [9.17, 15) is 4.79 Å². The van der Waals surface area contributed by atoms with E-state index in [1.165, 1.54) is 11.1 Å². The van der Waals surface area contributed by atoms with E-state index in [-0.39, 0.29) is 12.1 Å². The van der Waals surface area contributed by atoms with Crippen LogP contribution in [-0.4, -0.2) is 6.03 Å². The molecule has 2 N–H and O–H groups in total. The second-order valence-electron chi connectivity index (χ2n) is 4.78. The highest BCUT2D eigenvalue weighted by Crippen LogP contribution is 2.20. The third kappa shape index (κ3) is 3.60. The lowest BCUT2D eigenvalue weighted by Crippen LogP contribution is -2.32. The van der Waals surface area contributed by atoms with E-state index in [0.29, 0.717) is 0 Å². The number of carbonyl (C=O) groups excluding carboxylic acids is 1. The molecule has 2 amide bonds. The highest BCUT2D eigenvalue weighted by molar-refractivity contribution is 5.89. The van der Waals surface area contributed by atoms with Crippen molar-refractivity contribution in [2.24, 2.45) is 0 Å². The van der Waals surface area contributed by atoms with Gasteiger partial charge >= 0.3 is 6.03 Å². The van der Waals surface area contributed by atoms with Crippen molar-refractivity contribution in [3.05, 3.63) is 65.7 Å². The predicted molar refractivity (Wildman–Crippen MR) is 82.8 cm³/mol. The van der Waals surface area contributed by atoms with Crippen LogP contribution in [0.5, 0.6) is 0 Å². The highest BCUT2D eigenvalue weighted by Gasteiger charge is 2.14. The summed E-state index contributed by atoms with van der Waals surface area (Å²) in [6, 6.07) is 17.4. The summed E-state index contributed by atoms with van der Waals surface area (Å²) in [6.07, 6.45) is 0.854. The molecule has 0 fully saturated rings. The van der Waals surface area contributed by atoms with E-state index in [1.54, 1.807) is 0 Å². The van der Waals surface area contributed by atoms with E-state index in [2.05, 4.69) is 36.6 Å². The van der Waals surface area contributed by atoms with Crippen molar-refractivity contribution in [1.29, 1.82) is 0 Å². The van der Waals surface area contributed by atoms with Gasteiger partial charge in [-0.2, -0.15) is 0 Å². The minimum atomic E-state index is -0.175. The van der Waals surface area contributed by atoms with Crippen LogP contribution in [0.4, 0.5) is 10.5 Å². The number of nitrogens with one attached hydrogen (secondary N) is 2. The normalized spacial score (nSPS) is 11.7. The fraction of sp³-hybridized carbons (Fsp3) is 0.235. The Morgan fingerprint density at radius 3 is 2.35 bits per heavy atom. The molecule has 0 saturated heterocycles. The lowest BCUT2D eigenvalue weighted by Gasteiger charge is -2.19. The van der Waals surface area contributed by atoms with Crippen LogP contribution in [0.1, 0.15) is 30.5 Å². The van der Waals surface area contributed by atoms with Crippen molar-refractivity contribution < 1.29 is 4.79 Å². The van der Waals surface area contributed by atoms with Gasteiger partial charge in [-0.05, 0) is 36.6 Å². The topological polar surface area (TPSA) is 41.1 Å². The Labute approximate surface area is 120 Å². The van der Waals surface area contributed by atoms with Crippen LogP contribution in [0, 0.1) is 6.92 Å². The third-order valence-electron chi connectivity index (χ3n) is 3.31. The lowest BCUT2D eigenvalue weighted by molar-refractivity contribution is 0.248. The monoisotopic (exact) mass is 268 g/mol. The Hall–Kier alpha value is -2.29. The number of hydrogen-bond acceptors (Lipinski definition) is 1. The van der Waals surface area contributed by atoms with E-state index in [4.69, 9.17) is 0 Å². The average molecular weight is 268 g/mol. The molecule has 3 nitrogen and oxygen atoms in total. The summed E-state index contributed by atoms with van der Waals surface area (Å²) in [4.78, 5) is 12.0. The molecule has 0 aliphatic carbocycles. The van der Waals surface area contributed by atoms with Crippen LogP contribution >= 0.6 is 0 Å². The molecule has 2 aromatic rings. The number of amides is 2.